The first-order chi connectivity index (χ1) is 17.5. The van der Waals surface area contributed by atoms with Gasteiger partial charge < -0.3 is 10.2 Å². The van der Waals surface area contributed by atoms with Gasteiger partial charge in [0.05, 0.1) is 11.9 Å². The van der Waals surface area contributed by atoms with E-state index >= 15 is 0 Å². The lowest BCUT2D eigenvalue weighted by atomic mass is 10.1. The maximum Gasteiger partial charge on any atom is 0.244 e. The molecule has 37 heavy (non-hydrogen) atoms. The van der Waals surface area contributed by atoms with Gasteiger partial charge in [-0.1, -0.05) is 87.0 Å². The summed E-state index contributed by atoms with van der Waals surface area (Å²) in [5.41, 5.74) is 1.08. The van der Waals surface area contributed by atoms with Gasteiger partial charge in [0.25, 0.3) is 0 Å². The van der Waals surface area contributed by atoms with Crippen LogP contribution in [0.5, 0.6) is 0 Å². The number of fused-ring (bicyclic) bond motifs is 1. The first kappa shape index (κ1) is 28.5. The summed E-state index contributed by atoms with van der Waals surface area (Å²) < 4.78 is 27.0. The lowest BCUT2D eigenvalue weighted by molar-refractivity contribution is -0.140. The van der Waals surface area contributed by atoms with E-state index in [0.717, 1.165) is 15.9 Å². The van der Waals surface area contributed by atoms with Gasteiger partial charge in [-0.3, -0.25) is 13.9 Å². The highest BCUT2D eigenvalue weighted by molar-refractivity contribution is 7.92. The van der Waals surface area contributed by atoms with E-state index in [2.05, 4.69) is 5.32 Å². The molecule has 198 valence electrons. The topological polar surface area (TPSA) is 86.8 Å². The molecular formula is C28H34ClN3O4S. The van der Waals surface area contributed by atoms with Gasteiger partial charge in [-0.2, -0.15) is 0 Å². The third kappa shape index (κ3) is 7.23. The standard InChI is InChI=1S/C28H34ClN3O4S/c1-5-25(28(34)30-17-20(2)3)31(18-22-12-7-9-15-24(22)29)27(33)19-32(37(4,35)36)26-16-10-13-21-11-6-8-14-23(21)26/h6-16,20,25H,5,17-19H2,1-4H3,(H,30,34)/t25-/m1/s1. The predicted octanol–water partition coefficient (Wildman–Crippen LogP) is 4.84. The SMILES string of the molecule is CC[C@H](C(=O)NCC(C)C)N(Cc1ccccc1Cl)C(=O)CN(c1cccc2ccccc12)S(C)(=O)=O. The summed E-state index contributed by atoms with van der Waals surface area (Å²) >= 11 is 6.40. The summed E-state index contributed by atoms with van der Waals surface area (Å²) in [5.74, 6) is -0.543. The van der Waals surface area contributed by atoms with Gasteiger partial charge in [-0.05, 0) is 35.4 Å². The molecule has 0 aliphatic heterocycles. The molecule has 0 heterocycles. The van der Waals surface area contributed by atoms with Crippen LogP contribution >= 0.6 is 11.6 Å². The molecule has 9 heteroatoms. The Balaban J connectivity index is 2.02. The largest absolute Gasteiger partial charge is 0.354 e. The molecule has 1 N–H and O–H groups in total. The number of rotatable bonds is 11. The van der Waals surface area contributed by atoms with E-state index in [1.54, 1.807) is 30.3 Å². The van der Waals surface area contributed by atoms with Crippen LogP contribution < -0.4 is 9.62 Å². The third-order valence-corrected chi connectivity index (χ3v) is 7.58. The summed E-state index contributed by atoms with van der Waals surface area (Å²) in [6.45, 7) is 5.88. The Hall–Kier alpha value is -3.10. The highest BCUT2D eigenvalue weighted by Crippen LogP contribution is 2.29. The number of halogens is 1. The first-order valence-electron chi connectivity index (χ1n) is 12.3. The van der Waals surface area contributed by atoms with Gasteiger partial charge in [-0.25, -0.2) is 8.42 Å². The highest BCUT2D eigenvalue weighted by Gasteiger charge is 2.32. The van der Waals surface area contributed by atoms with Crippen LogP contribution in [0.3, 0.4) is 0 Å². The van der Waals surface area contributed by atoms with E-state index in [1.807, 2.05) is 57.2 Å². The predicted molar refractivity (Wildman–Crippen MR) is 150 cm³/mol. The lowest BCUT2D eigenvalue weighted by Crippen LogP contribution is -2.52. The van der Waals surface area contributed by atoms with Crippen molar-refractivity contribution in [3.63, 3.8) is 0 Å². The molecule has 0 spiro atoms. The zero-order chi connectivity index (χ0) is 27.2. The van der Waals surface area contributed by atoms with Gasteiger partial charge >= 0.3 is 0 Å². The van der Waals surface area contributed by atoms with Crippen LogP contribution in [0.4, 0.5) is 5.69 Å². The first-order valence-corrected chi connectivity index (χ1v) is 14.5. The second kappa shape index (κ2) is 12.4. The Morgan fingerprint density at radius 3 is 2.27 bits per heavy atom. The van der Waals surface area contributed by atoms with E-state index in [0.29, 0.717) is 34.6 Å². The van der Waals surface area contributed by atoms with Crippen LogP contribution in [0.15, 0.2) is 66.7 Å². The van der Waals surface area contributed by atoms with E-state index in [1.165, 1.54) is 4.90 Å². The Labute approximate surface area is 224 Å². The number of amides is 2. The molecule has 0 radical (unpaired) electrons. The number of hydrogen-bond acceptors (Lipinski definition) is 4. The van der Waals surface area contributed by atoms with Crippen LogP contribution in [-0.4, -0.2) is 50.5 Å². The molecule has 3 aromatic rings. The summed E-state index contributed by atoms with van der Waals surface area (Å²) in [4.78, 5) is 28.5. The molecule has 2 amide bonds. The molecule has 0 saturated heterocycles. The fraction of sp³-hybridized carbons (Fsp3) is 0.357. The maximum atomic E-state index is 13.9. The number of carbonyl (C=O) groups excluding carboxylic acids is 2. The second-order valence-corrected chi connectivity index (χ2v) is 11.8. The smallest absolute Gasteiger partial charge is 0.244 e. The van der Waals surface area contributed by atoms with Crippen LogP contribution in [-0.2, 0) is 26.2 Å². The molecule has 3 aromatic carbocycles. The van der Waals surface area contributed by atoms with Crippen molar-refractivity contribution in [1.82, 2.24) is 10.2 Å². The molecule has 1 atom stereocenters. The average Bonchev–Trinajstić information content (AvgIpc) is 2.86. The van der Waals surface area contributed by atoms with Crippen molar-refractivity contribution >= 4 is 49.9 Å². The van der Waals surface area contributed by atoms with Crippen molar-refractivity contribution in [3.8, 4) is 0 Å². The minimum absolute atomic E-state index is 0.0687. The molecule has 3 rings (SSSR count). The molecule has 0 unspecified atom stereocenters. The van der Waals surface area contributed by atoms with Crippen molar-refractivity contribution in [2.24, 2.45) is 5.92 Å². The number of sulfonamides is 1. The van der Waals surface area contributed by atoms with E-state index in [9.17, 15) is 18.0 Å². The number of hydrogen-bond donors (Lipinski definition) is 1. The van der Waals surface area contributed by atoms with Gasteiger partial charge in [0.1, 0.15) is 12.6 Å². The Kier molecular flexibility index (Phi) is 9.56. The molecule has 0 fully saturated rings. The monoisotopic (exact) mass is 543 g/mol. The molecular weight excluding hydrogens is 510 g/mol. The summed E-state index contributed by atoms with van der Waals surface area (Å²) in [7, 11) is -3.83. The molecule has 0 bridgehead atoms. The van der Waals surface area contributed by atoms with E-state index in [-0.39, 0.29) is 18.4 Å². The Bertz CT molecular complexity index is 1360. The Morgan fingerprint density at radius 1 is 0.973 bits per heavy atom. The molecule has 0 aliphatic carbocycles. The third-order valence-electron chi connectivity index (χ3n) is 6.08. The number of nitrogens with one attached hydrogen (secondary N) is 1. The van der Waals surface area contributed by atoms with Crippen LogP contribution in [0.25, 0.3) is 10.8 Å². The normalized spacial score (nSPS) is 12.4. The van der Waals surface area contributed by atoms with Crippen molar-refractivity contribution in [3.05, 3.63) is 77.3 Å². The zero-order valence-electron chi connectivity index (χ0n) is 21.6. The lowest BCUT2D eigenvalue weighted by Gasteiger charge is -2.33. The van der Waals surface area contributed by atoms with Crippen molar-refractivity contribution < 1.29 is 18.0 Å². The maximum absolute atomic E-state index is 13.9. The number of anilines is 1. The van der Waals surface area contributed by atoms with Crippen molar-refractivity contribution in [2.75, 3.05) is 23.7 Å². The van der Waals surface area contributed by atoms with Crippen molar-refractivity contribution in [2.45, 2.75) is 39.8 Å². The van der Waals surface area contributed by atoms with Gasteiger partial charge in [0, 0.05) is 23.5 Å². The quantitative estimate of drug-likeness (QED) is 0.375. The van der Waals surface area contributed by atoms with Gasteiger partial charge in [0.15, 0.2) is 0 Å². The van der Waals surface area contributed by atoms with E-state index < -0.39 is 28.5 Å². The van der Waals surface area contributed by atoms with Crippen LogP contribution in [0.1, 0.15) is 32.8 Å². The van der Waals surface area contributed by atoms with Crippen LogP contribution in [0, 0.1) is 5.92 Å². The second-order valence-electron chi connectivity index (χ2n) is 9.44. The number of carbonyl (C=O) groups is 2. The Morgan fingerprint density at radius 2 is 1.62 bits per heavy atom. The molecule has 0 aromatic heterocycles. The molecule has 0 aliphatic rings. The van der Waals surface area contributed by atoms with Crippen molar-refractivity contribution in [1.29, 1.82) is 0 Å². The fourth-order valence-electron chi connectivity index (χ4n) is 4.17. The van der Waals surface area contributed by atoms with Gasteiger partial charge in [0.2, 0.25) is 21.8 Å². The summed E-state index contributed by atoms with van der Waals surface area (Å²) in [6, 6.07) is 19.0. The molecule has 0 saturated carbocycles. The zero-order valence-corrected chi connectivity index (χ0v) is 23.2. The minimum atomic E-state index is -3.83. The average molecular weight is 544 g/mol. The van der Waals surface area contributed by atoms with E-state index in [4.69, 9.17) is 11.6 Å². The number of benzene rings is 3. The summed E-state index contributed by atoms with van der Waals surface area (Å²) in [5, 5.41) is 4.94. The fourth-order valence-corrected chi connectivity index (χ4v) is 5.23. The minimum Gasteiger partial charge on any atom is -0.354 e. The molecule has 7 nitrogen and oxygen atoms in total. The van der Waals surface area contributed by atoms with Gasteiger partial charge in [-0.15, -0.1) is 0 Å². The van der Waals surface area contributed by atoms with Crippen LogP contribution in [0.2, 0.25) is 5.02 Å². The highest BCUT2D eigenvalue weighted by atomic mass is 35.5. The summed E-state index contributed by atoms with van der Waals surface area (Å²) in [6.07, 6.45) is 1.43. The number of nitrogens with zero attached hydrogens (tertiary/aromatic N) is 2.